The summed E-state index contributed by atoms with van der Waals surface area (Å²) in [6.07, 6.45) is 10.7. The van der Waals surface area contributed by atoms with Gasteiger partial charge in [-0.15, -0.1) is 0 Å². The standard InChI is InChI=1S/C16H32N2O/c1-5-6-7-8-9-10-11-12-13-16(19)18-17-15(4)14(2)3/h14H,5-13H2,1-4H3,(H,18,19)/b17-15+. The molecule has 3 heteroatoms. The topological polar surface area (TPSA) is 41.5 Å². The average Bonchev–Trinajstić information content (AvgIpc) is 2.38. The predicted octanol–water partition coefficient (Wildman–Crippen LogP) is 4.67. The Bertz CT molecular complexity index is 259. The van der Waals surface area contributed by atoms with Crippen LogP contribution in [-0.2, 0) is 4.79 Å². The first kappa shape index (κ1) is 18.1. The third-order valence-corrected chi connectivity index (χ3v) is 3.45. The van der Waals surface area contributed by atoms with Gasteiger partial charge in [-0.1, -0.05) is 65.7 Å². The smallest absolute Gasteiger partial charge is 0.240 e. The Hall–Kier alpha value is -0.860. The second-order valence-electron chi connectivity index (χ2n) is 5.67. The number of hydrogen-bond donors (Lipinski definition) is 1. The lowest BCUT2D eigenvalue weighted by Gasteiger charge is -2.05. The van der Waals surface area contributed by atoms with E-state index in [4.69, 9.17) is 0 Å². The molecular formula is C16H32N2O. The Balaban J connectivity index is 3.42. The number of nitrogens with one attached hydrogen (secondary N) is 1. The molecule has 3 nitrogen and oxygen atoms in total. The highest BCUT2D eigenvalue weighted by Crippen LogP contribution is 2.09. The van der Waals surface area contributed by atoms with Crippen molar-refractivity contribution in [2.45, 2.75) is 85.5 Å². The van der Waals surface area contributed by atoms with Crippen LogP contribution in [0.2, 0.25) is 0 Å². The van der Waals surface area contributed by atoms with E-state index in [1.54, 1.807) is 0 Å². The molecule has 0 rings (SSSR count). The van der Waals surface area contributed by atoms with Crippen LogP contribution in [0.4, 0.5) is 0 Å². The molecule has 1 N–H and O–H groups in total. The summed E-state index contributed by atoms with van der Waals surface area (Å²) in [5.74, 6) is 0.439. The third-order valence-electron chi connectivity index (χ3n) is 3.45. The van der Waals surface area contributed by atoms with Crippen LogP contribution < -0.4 is 5.43 Å². The Morgan fingerprint density at radius 2 is 1.53 bits per heavy atom. The summed E-state index contributed by atoms with van der Waals surface area (Å²) in [6, 6.07) is 0. The molecule has 0 bridgehead atoms. The van der Waals surface area contributed by atoms with Crippen molar-refractivity contribution < 1.29 is 4.79 Å². The second-order valence-corrected chi connectivity index (χ2v) is 5.67. The zero-order valence-corrected chi connectivity index (χ0v) is 13.3. The molecule has 0 saturated heterocycles. The zero-order valence-electron chi connectivity index (χ0n) is 13.3. The van der Waals surface area contributed by atoms with Crippen molar-refractivity contribution in [3.05, 3.63) is 0 Å². The van der Waals surface area contributed by atoms with Gasteiger partial charge in [-0.3, -0.25) is 4.79 Å². The summed E-state index contributed by atoms with van der Waals surface area (Å²) in [7, 11) is 0. The van der Waals surface area contributed by atoms with Crippen LogP contribution in [0.3, 0.4) is 0 Å². The highest BCUT2D eigenvalue weighted by molar-refractivity contribution is 5.85. The number of rotatable bonds is 11. The van der Waals surface area contributed by atoms with Crippen molar-refractivity contribution in [3.8, 4) is 0 Å². The summed E-state index contributed by atoms with van der Waals surface area (Å²) >= 11 is 0. The van der Waals surface area contributed by atoms with Crippen molar-refractivity contribution in [3.63, 3.8) is 0 Å². The number of hydrogen-bond acceptors (Lipinski definition) is 2. The molecule has 0 aliphatic heterocycles. The minimum absolute atomic E-state index is 0.0472. The normalized spacial score (nSPS) is 11.9. The first-order chi connectivity index (χ1) is 9.07. The fourth-order valence-corrected chi connectivity index (χ4v) is 1.75. The molecule has 0 fully saturated rings. The highest BCUT2D eigenvalue weighted by atomic mass is 16.2. The third kappa shape index (κ3) is 11.9. The van der Waals surface area contributed by atoms with E-state index in [1.807, 2.05) is 6.92 Å². The predicted molar refractivity (Wildman–Crippen MR) is 83.3 cm³/mol. The maximum absolute atomic E-state index is 11.5. The summed E-state index contributed by atoms with van der Waals surface area (Å²) in [4.78, 5) is 11.5. The monoisotopic (exact) mass is 268 g/mol. The van der Waals surface area contributed by atoms with Gasteiger partial charge in [-0.05, 0) is 19.3 Å². The molecule has 0 aromatic carbocycles. The van der Waals surface area contributed by atoms with Crippen LogP contribution in [0.1, 0.15) is 85.5 Å². The van der Waals surface area contributed by atoms with Crippen molar-refractivity contribution in [1.82, 2.24) is 5.43 Å². The van der Waals surface area contributed by atoms with E-state index in [9.17, 15) is 4.79 Å². The fraction of sp³-hybridized carbons (Fsp3) is 0.875. The molecule has 0 aliphatic rings. The second kappa shape index (κ2) is 12.2. The highest BCUT2D eigenvalue weighted by Gasteiger charge is 2.02. The van der Waals surface area contributed by atoms with Gasteiger partial charge in [-0.25, -0.2) is 5.43 Å². The first-order valence-corrected chi connectivity index (χ1v) is 7.91. The molecule has 112 valence electrons. The lowest BCUT2D eigenvalue weighted by Crippen LogP contribution is -2.19. The van der Waals surface area contributed by atoms with E-state index in [-0.39, 0.29) is 5.91 Å². The molecule has 0 atom stereocenters. The Morgan fingerprint density at radius 3 is 2.05 bits per heavy atom. The van der Waals surface area contributed by atoms with Crippen LogP contribution >= 0.6 is 0 Å². The molecule has 0 radical (unpaired) electrons. The van der Waals surface area contributed by atoms with Gasteiger partial charge < -0.3 is 0 Å². The van der Waals surface area contributed by atoms with Gasteiger partial charge in [0.25, 0.3) is 0 Å². The van der Waals surface area contributed by atoms with E-state index >= 15 is 0 Å². The van der Waals surface area contributed by atoms with Crippen LogP contribution in [0.5, 0.6) is 0 Å². The number of amides is 1. The number of nitrogens with zero attached hydrogens (tertiary/aromatic N) is 1. The summed E-state index contributed by atoms with van der Waals surface area (Å²) in [5.41, 5.74) is 3.61. The lowest BCUT2D eigenvalue weighted by atomic mass is 10.1. The Kier molecular flexibility index (Phi) is 11.6. The largest absolute Gasteiger partial charge is 0.273 e. The van der Waals surface area contributed by atoms with E-state index in [0.717, 1.165) is 18.6 Å². The van der Waals surface area contributed by atoms with Crippen molar-refractivity contribution in [2.75, 3.05) is 0 Å². The number of carbonyl (C=O) groups is 1. The van der Waals surface area contributed by atoms with Crippen molar-refractivity contribution in [1.29, 1.82) is 0 Å². The summed E-state index contributed by atoms with van der Waals surface area (Å²) < 4.78 is 0. The molecule has 0 saturated carbocycles. The minimum Gasteiger partial charge on any atom is -0.273 e. The van der Waals surface area contributed by atoms with Crippen LogP contribution in [0.25, 0.3) is 0 Å². The van der Waals surface area contributed by atoms with Gasteiger partial charge in [0, 0.05) is 12.1 Å². The van der Waals surface area contributed by atoms with E-state index in [0.29, 0.717) is 12.3 Å². The van der Waals surface area contributed by atoms with Gasteiger partial charge in [0.2, 0.25) is 5.91 Å². The zero-order chi connectivity index (χ0) is 14.5. The molecule has 0 spiro atoms. The molecule has 19 heavy (non-hydrogen) atoms. The van der Waals surface area contributed by atoms with Crippen molar-refractivity contribution in [2.24, 2.45) is 11.0 Å². The number of unbranched alkanes of at least 4 members (excludes halogenated alkanes) is 7. The number of hydrazone groups is 1. The van der Waals surface area contributed by atoms with Gasteiger partial charge >= 0.3 is 0 Å². The Labute approximate surface area is 119 Å². The van der Waals surface area contributed by atoms with E-state index in [2.05, 4.69) is 31.3 Å². The number of carbonyl (C=O) groups excluding carboxylic acids is 1. The SMILES string of the molecule is CCCCCCCCCCC(=O)N/N=C(\C)C(C)C. The molecule has 1 amide bonds. The van der Waals surface area contributed by atoms with E-state index in [1.165, 1.54) is 38.5 Å². The van der Waals surface area contributed by atoms with Gasteiger partial charge in [0.1, 0.15) is 0 Å². The maximum Gasteiger partial charge on any atom is 0.240 e. The van der Waals surface area contributed by atoms with Gasteiger partial charge in [0.15, 0.2) is 0 Å². The quantitative estimate of drug-likeness (QED) is 0.330. The molecule has 0 aromatic rings. The van der Waals surface area contributed by atoms with E-state index < -0.39 is 0 Å². The van der Waals surface area contributed by atoms with Crippen LogP contribution in [0.15, 0.2) is 5.10 Å². The maximum atomic E-state index is 11.5. The molecule has 0 heterocycles. The first-order valence-electron chi connectivity index (χ1n) is 7.91. The lowest BCUT2D eigenvalue weighted by molar-refractivity contribution is -0.121. The van der Waals surface area contributed by atoms with Crippen LogP contribution in [0, 0.1) is 5.92 Å². The molecule has 0 aliphatic carbocycles. The van der Waals surface area contributed by atoms with Gasteiger partial charge in [0.05, 0.1) is 0 Å². The van der Waals surface area contributed by atoms with Crippen molar-refractivity contribution >= 4 is 11.6 Å². The van der Waals surface area contributed by atoms with Gasteiger partial charge in [-0.2, -0.15) is 5.10 Å². The summed E-state index contributed by atoms with van der Waals surface area (Å²) in [6.45, 7) is 8.33. The summed E-state index contributed by atoms with van der Waals surface area (Å²) in [5, 5.41) is 4.09. The average molecular weight is 268 g/mol. The molecule has 0 unspecified atom stereocenters. The Morgan fingerprint density at radius 1 is 1.00 bits per heavy atom. The minimum atomic E-state index is 0.0472. The molecular weight excluding hydrogens is 236 g/mol. The fourth-order valence-electron chi connectivity index (χ4n) is 1.75. The molecule has 0 aromatic heterocycles. The van der Waals surface area contributed by atoms with Crippen LogP contribution in [-0.4, -0.2) is 11.6 Å².